The SMILES string of the molecule is COCOc1c(I)cccc1C(C)(C)C. The molecule has 0 aromatic heterocycles. The van der Waals surface area contributed by atoms with Gasteiger partial charge in [0.15, 0.2) is 6.79 Å². The molecule has 0 N–H and O–H groups in total. The molecule has 0 saturated carbocycles. The van der Waals surface area contributed by atoms with Crippen LogP contribution in [-0.4, -0.2) is 13.9 Å². The van der Waals surface area contributed by atoms with Gasteiger partial charge in [-0.25, -0.2) is 0 Å². The van der Waals surface area contributed by atoms with Gasteiger partial charge in [0, 0.05) is 12.7 Å². The third kappa shape index (κ3) is 3.34. The fourth-order valence-electron chi connectivity index (χ4n) is 1.36. The van der Waals surface area contributed by atoms with Crippen LogP contribution < -0.4 is 4.74 Å². The maximum Gasteiger partial charge on any atom is 0.188 e. The Morgan fingerprint density at radius 1 is 1.27 bits per heavy atom. The van der Waals surface area contributed by atoms with Crippen molar-refractivity contribution >= 4 is 22.6 Å². The van der Waals surface area contributed by atoms with Gasteiger partial charge in [-0.1, -0.05) is 32.9 Å². The summed E-state index contributed by atoms with van der Waals surface area (Å²) in [4.78, 5) is 0. The van der Waals surface area contributed by atoms with Crippen molar-refractivity contribution in [2.24, 2.45) is 0 Å². The molecule has 1 aromatic rings. The molecule has 0 fully saturated rings. The number of benzene rings is 1. The largest absolute Gasteiger partial charge is 0.466 e. The van der Waals surface area contributed by atoms with E-state index in [0.717, 1.165) is 9.32 Å². The lowest BCUT2D eigenvalue weighted by atomic mass is 9.86. The lowest BCUT2D eigenvalue weighted by Crippen LogP contribution is -2.15. The molecule has 84 valence electrons. The van der Waals surface area contributed by atoms with Gasteiger partial charge in [-0.2, -0.15) is 0 Å². The smallest absolute Gasteiger partial charge is 0.188 e. The average molecular weight is 320 g/mol. The first kappa shape index (κ1) is 12.8. The Hall–Kier alpha value is -0.290. The summed E-state index contributed by atoms with van der Waals surface area (Å²) in [6.07, 6.45) is 0. The van der Waals surface area contributed by atoms with Crippen LogP contribution in [0.2, 0.25) is 0 Å². The average Bonchev–Trinajstić information content (AvgIpc) is 2.14. The molecule has 0 amide bonds. The van der Waals surface area contributed by atoms with Crippen molar-refractivity contribution in [1.29, 1.82) is 0 Å². The lowest BCUT2D eigenvalue weighted by molar-refractivity contribution is 0.0492. The van der Waals surface area contributed by atoms with E-state index >= 15 is 0 Å². The normalized spacial score (nSPS) is 11.5. The predicted octanol–water partition coefficient (Wildman–Crippen LogP) is 3.57. The summed E-state index contributed by atoms with van der Waals surface area (Å²) in [6, 6.07) is 6.20. The van der Waals surface area contributed by atoms with Crippen LogP contribution >= 0.6 is 22.6 Å². The summed E-state index contributed by atoms with van der Waals surface area (Å²) in [5.41, 5.74) is 1.30. The number of para-hydroxylation sites is 1. The van der Waals surface area contributed by atoms with Crippen molar-refractivity contribution in [3.8, 4) is 5.75 Å². The van der Waals surface area contributed by atoms with Gasteiger partial charge in [0.25, 0.3) is 0 Å². The maximum atomic E-state index is 5.61. The summed E-state index contributed by atoms with van der Waals surface area (Å²) in [5.74, 6) is 0.937. The number of hydrogen-bond donors (Lipinski definition) is 0. The van der Waals surface area contributed by atoms with Crippen LogP contribution in [0.4, 0.5) is 0 Å². The van der Waals surface area contributed by atoms with Crippen molar-refractivity contribution in [2.75, 3.05) is 13.9 Å². The molecule has 1 rings (SSSR count). The van der Waals surface area contributed by atoms with Gasteiger partial charge in [-0.05, 0) is 34.1 Å². The minimum Gasteiger partial charge on any atom is -0.466 e. The monoisotopic (exact) mass is 320 g/mol. The standard InChI is InChI=1S/C12H17IO2/c1-12(2,3)9-6-5-7-10(13)11(9)15-8-14-4/h5-7H,8H2,1-4H3. The Balaban J connectivity index is 3.09. The maximum absolute atomic E-state index is 5.61. The highest BCUT2D eigenvalue weighted by molar-refractivity contribution is 14.1. The fraction of sp³-hybridized carbons (Fsp3) is 0.500. The van der Waals surface area contributed by atoms with Crippen LogP contribution in [0, 0.1) is 3.57 Å². The molecule has 2 nitrogen and oxygen atoms in total. The summed E-state index contributed by atoms with van der Waals surface area (Å²) >= 11 is 2.29. The number of halogens is 1. The molecule has 3 heteroatoms. The predicted molar refractivity (Wildman–Crippen MR) is 70.4 cm³/mol. The molecule has 0 radical (unpaired) electrons. The molecule has 0 spiro atoms. The zero-order valence-electron chi connectivity index (χ0n) is 9.63. The molecule has 0 aliphatic carbocycles. The molecule has 1 aromatic carbocycles. The number of rotatable bonds is 3. The second-order valence-electron chi connectivity index (χ2n) is 4.42. The summed E-state index contributed by atoms with van der Waals surface area (Å²) < 4.78 is 11.7. The van der Waals surface area contributed by atoms with E-state index in [1.165, 1.54) is 5.56 Å². The van der Waals surface area contributed by atoms with Crippen LogP contribution in [0.25, 0.3) is 0 Å². The Kier molecular flexibility index (Phi) is 4.40. The van der Waals surface area contributed by atoms with Gasteiger partial charge >= 0.3 is 0 Å². The van der Waals surface area contributed by atoms with E-state index in [1.807, 2.05) is 6.07 Å². The highest BCUT2D eigenvalue weighted by atomic mass is 127. The van der Waals surface area contributed by atoms with E-state index in [4.69, 9.17) is 9.47 Å². The van der Waals surface area contributed by atoms with Crippen LogP contribution in [0.3, 0.4) is 0 Å². The second-order valence-corrected chi connectivity index (χ2v) is 5.58. The second kappa shape index (κ2) is 5.16. The Labute approximate surface area is 105 Å². The third-order valence-electron chi connectivity index (χ3n) is 2.10. The zero-order chi connectivity index (χ0) is 11.5. The van der Waals surface area contributed by atoms with E-state index in [2.05, 4.69) is 55.5 Å². The molecule has 0 unspecified atom stereocenters. The highest BCUT2D eigenvalue weighted by Crippen LogP contribution is 2.34. The van der Waals surface area contributed by atoms with Crippen LogP contribution in [0.15, 0.2) is 18.2 Å². The minimum atomic E-state index is 0.0876. The minimum absolute atomic E-state index is 0.0876. The van der Waals surface area contributed by atoms with E-state index < -0.39 is 0 Å². The quantitative estimate of drug-likeness (QED) is 0.626. The number of methoxy groups -OCH3 is 1. The summed E-state index contributed by atoms with van der Waals surface area (Å²) in [7, 11) is 1.63. The molecule has 0 aliphatic heterocycles. The molecule has 0 heterocycles. The third-order valence-corrected chi connectivity index (χ3v) is 2.95. The van der Waals surface area contributed by atoms with Gasteiger partial charge in [-0.3, -0.25) is 0 Å². The molecule has 0 bridgehead atoms. The molecular formula is C12H17IO2. The lowest BCUT2D eigenvalue weighted by Gasteiger charge is -2.23. The van der Waals surface area contributed by atoms with Gasteiger partial charge in [0.2, 0.25) is 0 Å². The number of ether oxygens (including phenoxy) is 2. The number of hydrogen-bond acceptors (Lipinski definition) is 2. The van der Waals surface area contributed by atoms with Crippen molar-refractivity contribution in [2.45, 2.75) is 26.2 Å². The van der Waals surface area contributed by atoms with Crippen molar-refractivity contribution in [3.63, 3.8) is 0 Å². The fourth-order valence-corrected chi connectivity index (χ4v) is 2.02. The first-order valence-corrected chi connectivity index (χ1v) is 5.95. The van der Waals surface area contributed by atoms with Crippen molar-refractivity contribution < 1.29 is 9.47 Å². The van der Waals surface area contributed by atoms with Crippen LogP contribution in [-0.2, 0) is 10.2 Å². The van der Waals surface area contributed by atoms with E-state index in [1.54, 1.807) is 7.11 Å². The molecule has 0 aliphatic rings. The molecule has 0 atom stereocenters. The topological polar surface area (TPSA) is 18.5 Å². The Bertz CT molecular complexity index is 329. The first-order valence-electron chi connectivity index (χ1n) is 4.87. The Morgan fingerprint density at radius 3 is 2.47 bits per heavy atom. The first-order chi connectivity index (χ1) is 6.96. The Morgan fingerprint density at radius 2 is 1.93 bits per heavy atom. The zero-order valence-corrected chi connectivity index (χ0v) is 11.8. The van der Waals surface area contributed by atoms with E-state index in [9.17, 15) is 0 Å². The van der Waals surface area contributed by atoms with E-state index in [0.29, 0.717) is 6.79 Å². The van der Waals surface area contributed by atoms with Gasteiger partial charge in [0.1, 0.15) is 5.75 Å². The van der Waals surface area contributed by atoms with Crippen molar-refractivity contribution in [3.05, 3.63) is 27.3 Å². The van der Waals surface area contributed by atoms with Gasteiger partial charge < -0.3 is 9.47 Å². The van der Waals surface area contributed by atoms with Gasteiger partial charge in [-0.15, -0.1) is 0 Å². The van der Waals surface area contributed by atoms with E-state index in [-0.39, 0.29) is 5.41 Å². The molecule has 15 heavy (non-hydrogen) atoms. The summed E-state index contributed by atoms with van der Waals surface area (Å²) in [6.45, 7) is 6.83. The van der Waals surface area contributed by atoms with Crippen LogP contribution in [0.1, 0.15) is 26.3 Å². The highest BCUT2D eigenvalue weighted by Gasteiger charge is 2.20. The van der Waals surface area contributed by atoms with Crippen molar-refractivity contribution in [1.82, 2.24) is 0 Å². The molecule has 0 saturated heterocycles. The summed E-state index contributed by atoms with van der Waals surface area (Å²) in [5, 5.41) is 0. The molecular weight excluding hydrogens is 303 g/mol. The van der Waals surface area contributed by atoms with Crippen LogP contribution in [0.5, 0.6) is 5.75 Å². The van der Waals surface area contributed by atoms with Gasteiger partial charge in [0.05, 0.1) is 3.57 Å².